The minimum absolute atomic E-state index is 0.294. The van der Waals surface area contributed by atoms with Crippen molar-refractivity contribution in [1.29, 1.82) is 0 Å². The van der Waals surface area contributed by atoms with E-state index in [2.05, 4.69) is 17.1 Å². The molecule has 4 heteroatoms. The number of hydrogen-bond acceptors (Lipinski definition) is 4. The van der Waals surface area contributed by atoms with Crippen molar-refractivity contribution < 1.29 is 9.53 Å². The number of ether oxygens (including phenoxy) is 1. The summed E-state index contributed by atoms with van der Waals surface area (Å²) < 4.78 is 5.18. The number of nitrogens with zero attached hydrogens (tertiary/aromatic N) is 2. The van der Waals surface area contributed by atoms with Crippen LogP contribution in [0.15, 0.2) is 42.6 Å². The summed E-state index contributed by atoms with van der Waals surface area (Å²) in [5.74, 6) is 0.452. The van der Waals surface area contributed by atoms with Crippen LogP contribution < -0.4 is 0 Å². The van der Waals surface area contributed by atoms with E-state index in [0.29, 0.717) is 18.6 Å². The number of carbonyl (C=O) groups is 1. The van der Waals surface area contributed by atoms with Crippen LogP contribution in [0.3, 0.4) is 0 Å². The maximum Gasteiger partial charge on any atom is 0.338 e. The first kappa shape index (κ1) is 16.1. The minimum atomic E-state index is -0.294. The summed E-state index contributed by atoms with van der Waals surface area (Å²) >= 11 is 0. The third-order valence-electron chi connectivity index (χ3n) is 4.05. The highest BCUT2D eigenvalue weighted by atomic mass is 16.5. The van der Waals surface area contributed by atoms with E-state index in [1.807, 2.05) is 51.2 Å². The molecule has 0 aliphatic rings. The average molecular weight is 320 g/mol. The van der Waals surface area contributed by atoms with E-state index >= 15 is 0 Å². The van der Waals surface area contributed by atoms with Crippen LogP contribution in [0.1, 0.15) is 39.8 Å². The van der Waals surface area contributed by atoms with E-state index in [-0.39, 0.29) is 5.97 Å². The van der Waals surface area contributed by atoms with Gasteiger partial charge in [0.05, 0.1) is 17.7 Å². The van der Waals surface area contributed by atoms with E-state index in [4.69, 9.17) is 9.72 Å². The Morgan fingerprint density at radius 1 is 1.17 bits per heavy atom. The van der Waals surface area contributed by atoms with Crippen LogP contribution in [0, 0.1) is 13.8 Å². The number of benzene rings is 2. The second kappa shape index (κ2) is 6.79. The Morgan fingerprint density at radius 3 is 2.62 bits per heavy atom. The van der Waals surface area contributed by atoms with Crippen molar-refractivity contribution in [3.63, 3.8) is 0 Å². The van der Waals surface area contributed by atoms with Crippen LogP contribution in [0.5, 0.6) is 0 Å². The summed E-state index contributed by atoms with van der Waals surface area (Å²) in [6.07, 6.45) is 2.49. The van der Waals surface area contributed by atoms with Gasteiger partial charge in [0.15, 0.2) is 0 Å². The summed E-state index contributed by atoms with van der Waals surface area (Å²) in [6.45, 7) is 6.00. The van der Waals surface area contributed by atoms with Crippen LogP contribution >= 0.6 is 0 Å². The predicted molar refractivity (Wildman–Crippen MR) is 94.2 cm³/mol. The highest BCUT2D eigenvalue weighted by Gasteiger charge is 2.17. The Labute approximate surface area is 141 Å². The molecule has 0 saturated heterocycles. The van der Waals surface area contributed by atoms with E-state index in [1.165, 1.54) is 0 Å². The van der Waals surface area contributed by atoms with Gasteiger partial charge in [0, 0.05) is 18.0 Å². The number of rotatable bonds is 4. The summed E-state index contributed by atoms with van der Waals surface area (Å²) in [4.78, 5) is 21.4. The van der Waals surface area contributed by atoms with E-state index in [1.54, 1.807) is 0 Å². The first-order chi connectivity index (χ1) is 11.6. The molecule has 2 aromatic carbocycles. The van der Waals surface area contributed by atoms with Crippen molar-refractivity contribution in [3.8, 4) is 0 Å². The van der Waals surface area contributed by atoms with Crippen molar-refractivity contribution in [3.05, 3.63) is 70.7 Å². The zero-order valence-corrected chi connectivity index (χ0v) is 14.2. The summed E-state index contributed by atoms with van der Waals surface area (Å²) in [6, 6.07) is 12.1. The maximum atomic E-state index is 12.2. The van der Waals surface area contributed by atoms with E-state index in [9.17, 15) is 4.79 Å². The molecule has 3 rings (SSSR count). The maximum absolute atomic E-state index is 12.2. The molecule has 4 nitrogen and oxygen atoms in total. The van der Waals surface area contributed by atoms with Crippen LogP contribution in [0.2, 0.25) is 0 Å². The minimum Gasteiger partial charge on any atom is -0.462 e. The topological polar surface area (TPSA) is 52.1 Å². The highest BCUT2D eigenvalue weighted by molar-refractivity contribution is 5.98. The highest BCUT2D eigenvalue weighted by Crippen LogP contribution is 2.24. The van der Waals surface area contributed by atoms with Gasteiger partial charge in [-0.3, -0.25) is 0 Å². The number of fused-ring (bicyclic) bond motifs is 1. The van der Waals surface area contributed by atoms with Gasteiger partial charge in [-0.2, -0.15) is 0 Å². The third kappa shape index (κ3) is 3.13. The zero-order chi connectivity index (χ0) is 17.1. The first-order valence-corrected chi connectivity index (χ1v) is 8.07. The summed E-state index contributed by atoms with van der Waals surface area (Å²) in [7, 11) is 0. The van der Waals surface area contributed by atoms with Gasteiger partial charge in [-0.1, -0.05) is 30.3 Å². The molecule has 0 amide bonds. The number of carbonyl (C=O) groups excluding carboxylic acids is 1. The number of esters is 1. The van der Waals surface area contributed by atoms with Gasteiger partial charge in [0.25, 0.3) is 0 Å². The molecule has 0 unspecified atom stereocenters. The number of aromatic nitrogens is 2. The molecule has 0 fully saturated rings. The molecule has 0 N–H and O–H groups in total. The SMILES string of the molecule is CCOC(=O)c1c(C)cc2cnc(Cc3ccccc3)nc2c1C. The fourth-order valence-electron chi connectivity index (χ4n) is 2.93. The van der Waals surface area contributed by atoms with Crippen molar-refractivity contribution >= 4 is 16.9 Å². The van der Waals surface area contributed by atoms with Gasteiger partial charge in [0.1, 0.15) is 5.82 Å². The van der Waals surface area contributed by atoms with Crippen LogP contribution in [0.4, 0.5) is 0 Å². The molecule has 1 aromatic heterocycles. The van der Waals surface area contributed by atoms with E-state index in [0.717, 1.165) is 33.4 Å². The molecular formula is C20H20N2O2. The summed E-state index contributed by atoms with van der Waals surface area (Å²) in [5, 5.41) is 0.940. The van der Waals surface area contributed by atoms with Gasteiger partial charge >= 0.3 is 5.97 Å². The Bertz CT molecular complexity index is 889. The van der Waals surface area contributed by atoms with Gasteiger partial charge in [-0.05, 0) is 43.5 Å². The second-order valence-electron chi connectivity index (χ2n) is 5.80. The smallest absolute Gasteiger partial charge is 0.338 e. The summed E-state index contributed by atoms with van der Waals surface area (Å²) in [5.41, 5.74) is 4.31. The molecule has 3 aromatic rings. The van der Waals surface area contributed by atoms with Crippen molar-refractivity contribution in [2.75, 3.05) is 6.61 Å². The Hall–Kier alpha value is -2.75. The Morgan fingerprint density at radius 2 is 1.92 bits per heavy atom. The molecule has 24 heavy (non-hydrogen) atoms. The molecule has 0 aliphatic carbocycles. The first-order valence-electron chi connectivity index (χ1n) is 8.07. The van der Waals surface area contributed by atoms with Gasteiger partial charge in [-0.25, -0.2) is 14.8 Å². The normalized spacial score (nSPS) is 10.8. The molecule has 0 aliphatic heterocycles. The molecular weight excluding hydrogens is 300 g/mol. The average Bonchev–Trinajstić information content (AvgIpc) is 2.57. The van der Waals surface area contributed by atoms with Gasteiger partial charge in [-0.15, -0.1) is 0 Å². The molecule has 0 bridgehead atoms. The van der Waals surface area contributed by atoms with Crippen LogP contribution in [-0.2, 0) is 11.2 Å². The second-order valence-corrected chi connectivity index (χ2v) is 5.80. The quantitative estimate of drug-likeness (QED) is 0.681. The number of aryl methyl sites for hydroxylation is 2. The third-order valence-corrected chi connectivity index (χ3v) is 4.05. The number of hydrogen-bond donors (Lipinski definition) is 0. The largest absolute Gasteiger partial charge is 0.462 e. The van der Waals surface area contributed by atoms with Gasteiger partial charge in [0.2, 0.25) is 0 Å². The monoisotopic (exact) mass is 320 g/mol. The molecule has 0 spiro atoms. The van der Waals surface area contributed by atoms with Crippen molar-refractivity contribution in [1.82, 2.24) is 9.97 Å². The molecule has 0 saturated carbocycles. The van der Waals surface area contributed by atoms with Crippen LogP contribution in [0.25, 0.3) is 10.9 Å². The van der Waals surface area contributed by atoms with Crippen LogP contribution in [-0.4, -0.2) is 22.5 Å². The fraction of sp³-hybridized carbons (Fsp3) is 0.250. The molecule has 0 radical (unpaired) electrons. The standard InChI is InChI=1S/C20H20N2O2/c1-4-24-20(23)18-13(2)10-16-12-21-17(22-19(16)14(18)3)11-15-8-6-5-7-9-15/h5-10,12H,4,11H2,1-3H3. The Kier molecular flexibility index (Phi) is 4.56. The predicted octanol–water partition coefficient (Wildman–Crippen LogP) is 4.01. The van der Waals surface area contributed by atoms with Crippen molar-refractivity contribution in [2.45, 2.75) is 27.2 Å². The van der Waals surface area contributed by atoms with E-state index < -0.39 is 0 Å². The molecule has 0 atom stereocenters. The fourth-order valence-corrected chi connectivity index (χ4v) is 2.93. The van der Waals surface area contributed by atoms with Crippen molar-refractivity contribution in [2.24, 2.45) is 0 Å². The lowest BCUT2D eigenvalue weighted by molar-refractivity contribution is 0.0525. The van der Waals surface area contributed by atoms with Gasteiger partial charge < -0.3 is 4.74 Å². The Balaban J connectivity index is 2.06. The molecule has 1 heterocycles. The molecule has 122 valence electrons. The lowest BCUT2D eigenvalue weighted by Crippen LogP contribution is -2.10. The lowest BCUT2D eigenvalue weighted by Gasteiger charge is -2.12. The lowest BCUT2D eigenvalue weighted by atomic mass is 9.99. The zero-order valence-electron chi connectivity index (χ0n) is 14.2.